The molecule has 1 aliphatic rings. The second kappa shape index (κ2) is 8.05. The molecule has 0 aliphatic carbocycles. The molecule has 0 saturated heterocycles. The van der Waals surface area contributed by atoms with Crippen LogP contribution in [0.3, 0.4) is 0 Å². The molecule has 0 spiro atoms. The van der Waals surface area contributed by atoms with Crippen LogP contribution in [0.2, 0.25) is 5.02 Å². The number of halogens is 2. The fourth-order valence-corrected chi connectivity index (χ4v) is 4.04. The molecule has 1 aromatic carbocycles. The van der Waals surface area contributed by atoms with Crippen LogP contribution in [0.25, 0.3) is 0 Å². The number of nitrogens with two attached hydrogens (primary N) is 1. The highest BCUT2D eigenvalue weighted by Gasteiger charge is 2.29. The Kier molecular flexibility index (Phi) is 6.29. The molecule has 6 nitrogen and oxygen atoms in total. The molecule has 0 unspecified atom stereocenters. The number of amides is 3. The van der Waals surface area contributed by atoms with Crippen LogP contribution in [0.1, 0.15) is 27.7 Å². The van der Waals surface area contributed by atoms with Crippen molar-refractivity contribution >= 4 is 58.0 Å². The summed E-state index contributed by atoms with van der Waals surface area (Å²) in [5, 5.41) is 6.52. The summed E-state index contributed by atoms with van der Waals surface area (Å²) in [5.74, 6) is -0.521. The molecule has 134 valence electrons. The van der Waals surface area contributed by atoms with Gasteiger partial charge < -0.3 is 11.1 Å². The lowest BCUT2D eigenvalue weighted by Crippen LogP contribution is -2.22. The highest BCUT2D eigenvalue weighted by Crippen LogP contribution is 2.38. The molecule has 0 saturated carbocycles. The first-order valence-electron chi connectivity index (χ1n) is 7.48. The number of fused-ring (bicyclic) bond motifs is 1. The van der Waals surface area contributed by atoms with Crippen LogP contribution < -0.4 is 16.4 Å². The summed E-state index contributed by atoms with van der Waals surface area (Å²) in [5.41, 5.74) is 7.48. The topological polar surface area (TPSA) is 87.5 Å². The van der Waals surface area contributed by atoms with E-state index in [-0.39, 0.29) is 12.4 Å². The Hall–Kier alpha value is -1.80. The molecular weight excluding hydrogens is 383 g/mol. The van der Waals surface area contributed by atoms with E-state index in [1.165, 1.54) is 11.3 Å². The van der Waals surface area contributed by atoms with E-state index in [9.17, 15) is 9.59 Å². The van der Waals surface area contributed by atoms with Crippen LogP contribution in [0.5, 0.6) is 0 Å². The predicted molar refractivity (Wildman–Crippen MR) is 104 cm³/mol. The van der Waals surface area contributed by atoms with E-state index in [0.717, 1.165) is 23.5 Å². The highest BCUT2D eigenvalue weighted by molar-refractivity contribution is 7.17. The van der Waals surface area contributed by atoms with E-state index in [1.807, 2.05) is 0 Å². The molecule has 0 bridgehead atoms. The zero-order valence-electron chi connectivity index (χ0n) is 13.5. The lowest BCUT2D eigenvalue weighted by atomic mass is 10.1. The maximum Gasteiger partial charge on any atom is 0.324 e. The second-order valence-corrected chi connectivity index (χ2v) is 7.00. The summed E-state index contributed by atoms with van der Waals surface area (Å²) >= 11 is 7.22. The maximum absolute atomic E-state index is 12.2. The van der Waals surface area contributed by atoms with Gasteiger partial charge in [-0.2, -0.15) is 0 Å². The quantitative estimate of drug-likeness (QED) is 0.726. The first-order chi connectivity index (χ1) is 11.5. The summed E-state index contributed by atoms with van der Waals surface area (Å²) in [6.07, 6.45) is 0. The molecule has 25 heavy (non-hydrogen) atoms. The van der Waals surface area contributed by atoms with E-state index in [0.29, 0.717) is 27.8 Å². The Bertz CT molecular complexity index is 792. The van der Waals surface area contributed by atoms with Gasteiger partial charge in [0.25, 0.3) is 5.91 Å². The minimum atomic E-state index is -0.521. The normalized spacial score (nSPS) is 13.0. The van der Waals surface area contributed by atoms with Crippen LogP contribution >= 0.6 is 35.3 Å². The van der Waals surface area contributed by atoms with Gasteiger partial charge >= 0.3 is 6.03 Å². The first kappa shape index (κ1) is 19.5. The Labute approximate surface area is 160 Å². The summed E-state index contributed by atoms with van der Waals surface area (Å²) in [6, 6.07) is 6.34. The average molecular weight is 401 g/mol. The number of carbonyl (C=O) groups is 2. The van der Waals surface area contributed by atoms with E-state index >= 15 is 0 Å². The van der Waals surface area contributed by atoms with Gasteiger partial charge in [-0.3, -0.25) is 15.0 Å². The third-order valence-corrected chi connectivity index (χ3v) is 5.25. The van der Waals surface area contributed by atoms with Gasteiger partial charge in [-0.25, -0.2) is 4.79 Å². The van der Waals surface area contributed by atoms with E-state index in [1.54, 1.807) is 24.3 Å². The molecule has 0 radical (unpaired) electrons. The van der Waals surface area contributed by atoms with Crippen molar-refractivity contribution < 1.29 is 9.59 Å². The molecule has 1 aliphatic heterocycles. The zero-order valence-corrected chi connectivity index (χ0v) is 15.9. The molecular formula is C16H18Cl2N4O2S. The molecule has 2 heterocycles. The van der Waals surface area contributed by atoms with Crippen LogP contribution in [-0.2, 0) is 13.1 Å². The number of anilines is 2. The lowest BCUT2D eigenvalue weighted by molar-refractivity contribution is 0.1000. The molecule has 1 aromatic heterocycles. The highest BCUT2D eigenvalue weighted by atomic mass is 35.5. The number of urea groups is 1. The molecule has 0 atom stereocenters. The van der Waals surface area contributed by atoms with Crippen LogP contribution in [0, 0.1) is 0 Å². The average Bonchev–Trinajstić information content (AvgIpc) is 3.05. The van der Waals surface area contributed by atoms with Crippen LogP contribution in [0.15, 0.2) is 24.3 Å². The summed E-state index contributed by atoms with van der Waals surface area (Å²) in [4.78, 5) is 27.3. The number of thiophene rings is 1. The minimum Gasteiger partial charge on any atom is -0.365 e. The molecule has 4 N–H and O–H groups in total. The van der Waals surface area contributed by atoms with Crippen molar-refractivity contribution in [2.75, 3.05) is 17.2 Å². The third-order valence-electron chi connectivity index (χ3n) is 3.86. The summed E-state index contributed by atoms with van der Waals surface area (Å²) in [6.45, 7) is 4.43. The zero-order chi connectivity index (χ0) is 17.3. The van der Waals surface area contributed by atoms with Crippen LogP contribution in [0.4, 0.5) is 15.5 Å². The van der Waals surface area contributed by atoms with Crippen LogP contribution in [-0.4, -0.2) is 23.4 Å². The first-order valence-corrected chi connectivity index (χ1v) is 8.67. The summed E-state index contributed by atoms with van der Waals surface area (Å²) < 4.78 is 0. The second-order valence-electron chi connectivity index (χ2n) is 5.46. The predicted octanol–water partition coefficient (Wildman–Crippen LogP) is 3.90. The molecule has 0 fully saturated rings. The number of hydrogen-bond donors (Lipinski definition) is 3. The largest absolute Gasteiger partial charge is 0.365 e. The molecule has 3 amide bonds. The number of rotatable bonds is 4. The number of nitrogens with zero attached hydrogens (tertiary/aromatic N) is 1. The van der Waals surface area contributed by atoms with E-state index in [4.69, 9.17) is 17.3 Å². The van der Waals surface area contributed by atoms with Crippen molar-refractivity contribution in [1.82, 2.24) is 4.90 Å². The van der Waals surface area contributed by atoms with E-state index in [2.05, 4.69) is 22.5 Å². The standard InChI is InChI=1S/C16H17ClN4O2S.ClH/c1-2-21-7-11-12(8-21)24-15(13(11)14(18)22)20-16(23)19-10-5-3-9(17)4-6-10;/h3-6H,2,7-8H2,1H3,(H2,18,22)(H2,19,20,23);1H. The van der Waals surface area contributed by atoms with Gasteiger partial charge in [0.1, 0.15) is 5.00 Å². The summed E-state index contributed by atoms with van der Waals surface area (Å²) in [7, 11) is 0. The van der Waals surface area contributed by atoms with Crippen molar-refractivity contribution in [3.63, 3.8) is 0 Å². The SMILES string of the molecule is CCN1Cc2sc(NC(=O)Nc3ccc(Cl)cc3)c(C(N)=O)c2C1.Cl. The minimum absolute atomic E-state index is 0. The van der Waals surface area contributed by atoms with Gasteiger partial charge in [-0.05, 0) is 36.4 Å². The van der Waals surface area contributed by atoms with Crippen molar-refractivity contribution in [2.45, 2.75) is 20.0 Å². The van der Waals surface area contributed by atoms with E-state index < -0.39 is 11.9 Å². The number of nitrogens with one attached hydrogen (secondary N) is 2. The molecule has 9 heteroatoms. The lowest BCUT2D eigenvalue weighted by Gasteiger charge is -2.12. The Morgan fingerprint density at radius 3 is 2.52 bits per heavy atom. The Balaban J connectivity index is 0.00000225. The fraction of sp³-hybridized carbons (Fsp3) is 0.250. The Morgan fingerprint density at radius 1 is 1.24 bits per heavy atom. The van der Waals surface area contributed by atoms with Gasteiger partial charge in [0.05, 0.1) is 5.56 Å². The molecule has 3 rings (SSSR count). The van der Waals surface area contributed by atoms with Gasteiger partial charge in [0.2, 0.25) is 0 Å². The maximum atomic E-state index is 12.2. The van der Waals surface area contributed by atoms with Gasteiger partial charge in [-0.15, -0.1) is 23.7 Å². The number of primary amides is 1. The van der Waals surface area contributed by atoms with Gasteiger partial charge in [-0.1, -0.05) is 18.5 Å². The Morgan fingerprint density at radius 2 is 1.92 bits per heavy atom. The molecule has 2 aromatic rings. The monoisotopic (exact) mass is 400 g/mol. The number of hydrogen-bond acceptors (Lipinski definition) is 4. The van der Waals surface area contributed by atoms with Crippen molar-refractivity contribution in [2.24, 2.45) is 5.73 Å². The van der Waals surface area contributed by atoms with Gasteiger partial charge in [0, 0.05) is 28.7 Å². The smallest absolute Gasteiger partial charge is 0.324 e. The van der Waals surface area contributed by atoms with Crippen molar-refractivity contribution in [3.05, 3.63) is 45.3 Å². The number of carbonyl (C=O) groups excluding carboxylic acids is 2. The van der Waals surface area contributed by atoms with Crippen molar-refractivity contribution in [3.8, 4) is 0 Å². The van der Waals surface area contributed by atoms with Crippen molar-refractivity contribution in [1.29, 1.82) is 0 Å². The fourth-order valence-electron chi connectivity index (χ4n) is 2.66. The van der Waals surface area contributed by atoms with Gasteiger partial charge in [0.15, 0.2) is 0 Å². The third kappa shape index (κ3) is 4.24. The number of benzene rings is 1.